The third-order valence-corrected chi connectivity index (χ3v) is 1.03. The predicted molar refractivity (Wildman–Crippen MR) is 33.4 cm³/mol. The zero-order chi connectivity index (χ0) is 5.28. The second kappa shape index (κ2) is 2.40. The fourth-order valence-corrected chi connectivity index (χ4v) is 0.389. The van der Waals surface area contributed by atoms with Gasteiger partial charge in [-0.3, -0.25) is 0 Å². The molecule has 0 aromatic carbocycles. The van der Waals surface area contributed by atoms with Crippen molar-refractivity contribution in [1.82, 2.24) is 9.97 Å². The highest BCUT2D eigenvalue weighted by molar-refractivity contribution is 5.04. The van der Waals surface area contributed by atoms with E-state index in [-0.39, 0.29) is 7.43 Å². The maximum atomic E-state index is 3.91. The molecule has 8 heavy (non-hydrogen) atoms. The second-order valence-electron chi connectivity index (χ2n) is 1.54. The number of hydrogen-bond acceptors (Lipinski definition) is 1. The summed E-state index contributed by atoms with van der Waals surface area (Å²) in [6, 6.07) is 0. The Morgan fingerprint density at radius 1 is 1.50 bits per heavy atom. The van der Waals surface area contributed by atoms with Gasteiger partial charge in [0.25, 0.3) is 0 Å². The minimum absolute atomic E-state index is 0. The molecule has 0 aliphatic heterocycles. The number of nitrogens with zero attached hydrogens (tertiary/aromatic N) is 2. The van der Waals surface area contributed by atoms with Crippen molar-refractivity contribution in [1.29, 1.82) is 0 Å². The van der Waals surface area contributed by atoms with E-state index >= 15 is 0 Å². The minimum Gasteiger partial charge on any atom is -0.447 e. The summed E-state index contributed by atoms with van der Waals surface area (Å²) in [5.41, 5.74) is 2.06. The van der Waals surface area contributed by atoms with Crippen LogP contribution in [0.1, 0.15) is 11.4 Å². The van der Waals surface area contributed by atoms with Crippen molar-refractivity contribution in [2.75, 3.05) is 0 Å². The van der Waals surface area contributed by atoms with Crippen LogP contribution >= 0.6 is 0 Å². The highest BCUT2D eigenvalue weighted by Crippen LogP contribution is 1.93. The van der Waals surface area contributed by atoms with E-state index in [2.05, 4.69) is 9.97 Å². The van der Waals surface area contributed by atoms with Crippen LogP contribution in [0.4, 0.5) is 0 Å². The summed E-state index contributed by atoms with van der Waals surface area (Å²) in [6.07, 6.45) is 1.57. The monoisotopic (exact) mass is 110 g/mol. The Hall–Kier alpha value is -0.920. The van der Waals surface area contributed by atoms with Crippen molar-refractivity contribution in [2.45, 2.75) is 13.8 Å². The average Bonchev–Trinajstić information content (AvgIpc) is 1.91. The molecule has 0 radical (unpaired) electrons. The topological polar surface area (TPSA) is 27.0 Å². The number of rotatable bonds is 0. The van der Waals surface area contributed by atoms with Gasteiger partial charge in [-0.15, -0.1) is 0 Å². The Morgan fingerprint density at radius 2 is 2.12 bits per heavy atom. The van der Waals surface area contributed by atoms with Gasteiger partial charge in [0.1, 0.15) is 0 Å². The number of aromatic nitrogens is 2. The van der Waals surface area contributed by atoms with Gasteiger partial charge in [-0.05, 0) is 13.8 Å². The molecule has 0 saturated carbocycles. The Morgan fingerprint density at radius 3 is 2.25 bits per heavy atom. The van der Waals surface area contributed by atoms with Crippen LogP contribution in [0.5, 0.6) is 0 Å². The van der Waals surface area contributed by atoms with E-state index in [4.69, 9.17) is 0 Å². The summed E-state index contributed by atoms with van der Waals surface area (Å²) >= 11 is 0. The average molecular weight is 110 g/mol. The fourth-order valence-electron chi connectivity index (χ4n) is 0.389. The lowest BCUT2D eigenvalue weighted by atomic mass is 10.4. The smallest absolute Gasteiger partial charge is 0.0467 e. The van der Waals surface area contributed by atoms with Gasteiger partial charge in [-0.25, -0.2) is 0 Å². The summed E-state index contributed by atoms with van der Waals surface area (Å²) < 4.78 is 0. The number of aryl methyl sites for hydroxylation is 2. The molecule has 0 aliphatic carbocycles. The van der Waals surface area contributed by atoms with Gasteiger partial charge in [-0.2, -0.15) is 0 Å². The van der Waals surface area contributed by atoms with Crippen molar-refractivity contribution in [3.8, 4) is 0 Å². The molecule has 0 bridgehead atoms. The number of imidazole rings is 1. The van der Waals surface area contributed by atoms with Crippen LogP contribution < -0.4 is 4.98 Å². The van der Waals surface area contributed by atoms with Crippen molar-refractivity contribution in [3.05, 3.63) is 25.1 Å². The van der Waals surface area contributed by atoms with Crippen molar-refractivity contribution in [2.24, 2.45) is 0 Å². The summed E-state index contributed by atoms with van der Waals surface area (Å²) in [7, 11) is 0. The maximum Gasteiger partial charge on any atom is 0.0467 e. The molecule has 1 heterocycles. The first kappa shape index (κ1) is 7.08. The van der Waals surface area contributed by atoms with Crippen LogP contribution in [-0.2, 0) is 0 Å². The lowest BCUT2D eigenvalue weighted by molar-refractivity contribution is 1.20. The van der Waals surface area contributed by atoms with Gasteiger partial charge < -0.3 is 9.97 Å². The van der Waals surface area contributed by atoms with Gasteiger partial charge in [-0.1, -0.05) is 17.7 Å². The Kier molecular flexibility index (Phi) is 2.13. The summed E-state index contributed by atoms with van der Waals surface area (Å²) in [4.78, 5) is 7.81. The van der Waals surface area contributed by atoms with Crippen molar-refractivity contribution >= 4 is 0 Å². The fraction of sp³-hybridized carbons (Fsp3) is 0.333. The van der Waals surface area contributed by atoms with Crippen LogP contribution in [0.15, 0.2) is 6.33 Å². The van der Waals surface area contributed by atoms with Gasteiger partial charge in [0.15, 0.2) is 0 Å². The van der Waals surface area contributed by atoms with Crippen LogP contribution in [0.3, 0.4) is 0 Å². The van der Waals surface area contributed by atoms with Gasteiger partial charge in [0.2, 0.25) is 0 Å². The molecular weight excluding hydrogens is 100 g/mol. The van der Waals surface area contributed by atoms with E-state index in [0.29, 0.717) is 0 Å². The van der Waals surface area contributed by atoms with E-state index < -0.39 is 0 Å². The Labute approximate surface area is 50.0 Å². The van der Waals surface area contributed by atoms with Crippen LogP contribution in [0, 0.1) is 21.3 Å². The molecule has 0 unspecified atom stereocenters. The lowest BCUT2D eigenvalue weighted by Gasteiger charge is -1.89. The molecule has 1 rings (SSSR count). The van der Waals surface area contributed by atoms with Crippen LogP contribution in [-0.4, -0.2) is 4.98 Å². The Bertz CT molecular complexity index is 139. The molecule has 0 N–H and O–H groups in total. The Balaban J connectivity index is 0.000000490. The lowest BCUT2D eigenvalue weighted by Crippen LogP contribution is -1.74. The highest BCUT2D eigenvalue weighted by atomic mass is 14.9. The predicted octanol–water partition coefficient (Wildman–Crippen LogP) is 1.11. The third-order valence-electron chi connectivity index (χ3n) is 1.03. The van der Waals surface area contributed by atoms with Crippen LogP contribution in [0.2, 0.25) is 0 Å². The van der Waals surface area contributed by atoms with E-state index in [0.717, 1.165) is 11.4 Å². The molecule has 2 nitrogen and oxygen atoms in total. The van der Waals surface area contributed by atoms with Crippen molar-refractivity contribution < 1.29 is 0 Å². The van der Waals surface area contributed by atoms with Gasteiger partial charge in [0, 0.05) is 7.43 Å². The SMILES string of the molecule is Cc1nc[n-]c1C.[CH3+]. The molecule has 0 spiro atoms. The zero-order valence-corrected chi connectivity index (χ0v) is 5.47. The van der Waals surface area contributed by atoms with E-state index in [1.807, 2.05) is 13.8 Å². The van der Waals surface area contributed by atoms with E-state index in [1.165, 1.54) is 0 Å². The molecule has 0 amide bonds. The first-order valence-corrected chi connectivity index (χ1v) is 2.21. The van der Waals surface area contributed by atoms with Gasteiger partial charge >= 0.3 is 0 Å². The first-order valence-electron chi connectivity index (χ1n) is 2.21. The molecule has 0 atom stereocenters. The third kappa shape index (κ3) is 1.03. The molecule has 44 valence electrons. The van der Waals surface area contributed by atoms with Crippen molar-refractivity contribution in [3.63, 3.8) is 0 Å². The largest absolute Gasteiger partial charge is 0.447 e. The molecule has 2 heteroatoms. The summed E-state index contributed by atoms with van der Waals surface area (Å²) in [6.45, 7) is 3.89. The first-order chi connectivity index (χ1) is 3.30. The molecule has 0 saturated heterocycles. The molecule has 0 fully saturated rings. The zero-order valence-electron chi connectivity index (χ0n) is 5.47. The van der Waals surface area contributed by atoms with Crippen LogP contribution in [0.25, 0.3) is 0 Å². The number of hydrogen-bond donors (Lipinski definition) is 0. The minimum atomic E-state index is 0. The van der Waals surface area contributed by atoms with E-state index in [9.17, 15) is 0 Å². The molecule has 0 aliphatic rings. The summed E-state index contributed by atoms with van der Waals surface area (Å²) in [5, 5.41) is 0. The maximum absolute atomic E-state index is 3.91. The standard InChI is InChI=1S/C5H7N2.CH3/c1-4-5(2)7-3-6-4;/h3H,1-2H3;1H3/q-1;+1. The second-order valence-corrected chi connectivity index (χ2v) is 1.54. The molecule has 1 aromatic rings. The summed E-state index contributed by atoms with van der Waals surface area (Å²) in [5.74, 6) is 0. The van der Waals surface area contributed by atoms with E-state index in [1.54, 1.807) is 6.33 Å². The molecular formula is C6H10N2. The normalized spacial score (nSPS) is 8.25. The quantitative estimate of drug-likeness (QED) is 0.468. The molecule has 1 aromatic heterocycles. The van der Waals surface area contributed by atoms with Gasteiger partial charge in [0.05, 0.1) is 0 Å². The highest BCUT2D eigenvalue weighted by Gasteiger charge is 1.76.